The van der Waals surface area contributed by atoms with E-state index in [2.05, 4.69) is 43.8 Å². The average molecular weight is 300 g/mol. The quantitative estimate of drug-likeness (QED) is 0.754. The van der Waals surface area contributed by atoms with Gasteiger partial charge in [0.2, 0.25) is 5.95 Å². The van der Waals surface area contributed by atoms with Crippen molar-refractivity contribution in [3.05, 3.63) is 35.0 Å². The number of fused-ring (bicyclic) bond motifs is 1. The zero-order chi connectivity index (χ0) is 14.7. The molecule has 0 spiro atoms. The van der Waals surface area contributed by atoms with Crippen molar-refractivity contribution in [2.24, 2.45) is 0 Å². The van der Waals surface area contributed by atoms with Crippen LogP contribution >= 0.6 is 11.3 Å². The molecular formula is C14H16N6S. The Balaban J connectivity index is 1.91. The molecule has 21 heavy (non-hydrogen) atoms. The van der Waals surface area contributed by atoms with Crippen LogP contribution in [0.3, 0.4) is 0 Å². The number of thiophene rings is 1. The molecule has 3 aromatic rings. The molecule has 0 fully saturated rings. The minimum atomic E-state index is 0.584. The molecule has 0 saturated carbocycles. The highest BCUT2D eigenvalue weighted by Crippen LogP contribution is 2.29. The SMILES string of the molecule is CCNc1nc(NCc2cccnn2)c2cc(C)sc2n1. The van der Waals surface area contributed by atoms with E-state index in [1.807, 2.05) is 19.1 Å². The third-order valence-corrected chi connectivity index (χ3v) is 3.86. The molecule has 2 N–H and O–H groups in total. The van der Waals surface area contributed by atoms with Gasteiger partial charge >= 0.3 is 0 Å². The van der Waals surface area contributed by atoms with Crippen LogP contribution in [0.4, 0.5) is 11.8 Å². The van der Waals surface area contributed by atoms with Crippen LogP contribution in [0.5, 0.6) is 0 Å². The number of nitrogens with zero attached hydrogens (tertiary/aromatic N) is 4. The number of nitrogens with one attached hydrogen (secondary N) is 2. The van der Waals surface area contributed by atoms with Gasteiger partial charge in [0.05, 0.1) is 17.6 Å². The molecule has 6 nitrogen and oxygen atoms in total. The molecule has 3 heterocycles. The largest absolute Gasteiger partial charge is 0.364 e. The van der Waals surface area contributed by atoms with Gasteiger partial charge in [-0.05, 0) is 32.0 Å². The van der Waals surface area contributed by atoms with Gasteiger partial charge in [-0.3, -0.25) is 0 Å². The summed E-state index contributed by atoms with van der Waals surface area (Å²) in [5.74, 6) is 1.47. The lowest BCUT2D eigenvalue weighted by atomic mass is 10.3. The van der Waals surface area contributed by atoms with Gasteiger partial charge in [-0.1, -0.05) is 0 Å². The average Bonchev–Trinajstić information content (AvgIpc) is 2.86. The summed E-state index contributed by atoms with van der Waals surface area (Å²) in [6, 6.07) is 5.91. The van der Waals surface area contributed by atoms with Crippen LogP contribution in [-0.4, -0.2) is 26.7 Å². The van der Waals surface area contributed by atoms with Crippen molar-refractivity contribution in [1.29, 1.82) is 0 Å². The first-order valence-electron chi connectivity index (χ1n) is 6.78. The highest BCUT2D eigenvalue weighted by Gasteiger charge is 2.10. The molecule has 0 unspecified atom stereocenters. The molecule has 108 valence electrons. The summed E-state index contributed by atoms with van der Waals surface area (Å²) >= 11 is 1.67. The van der Waals surface area contributed by atoms with Crippen LogP contribution < -0.4 is 10.6 Å². The van der Waals surface area contributed by atoms with Gasteiger partial charge in [-0.25, -0.2) is 4.98 Å². The smallest absolute Gasteiger partial charge is 0.226 e. The van der Waals surface area contributed by atoms with Crippen LogP contribution in [0.1, 0.15) is 17.5 Å². The second kappa shape index (κ2) is 6.01. The van der Waals surface area contributed by atoms with Crippen LogP contribution in [0.2, 0.25) is 0 Å². The fourth-order valence-corrected chi connectivity index (χ4v) is 2.90. The van der Waals surface area contributed by atoms with Gasteiger partial charge in [0.25, 0.3) is 0 Å². The third kappa shape index (κ3) is 3.08. The third-order valence-electron chi connectivity index (χ3n) is 2.92. The fourth-order valence-electron chi connectivity index (χ4n) is 2.02. The first-order chi connectivity index (χ1) is 10.3. The number of anilines is 2. The van der Waals surface area contributed by atoms with Crippen molar-refractivity contribution in [3.63, 3.8) is 0 Å². The Hall–Kier alpha value is -2.28. The van der Waals surface area contributed by atoms with Gasteiger partial charge in [0, 0.05) is 17.6 Å². The lowest BCUT2D eigenvalue weighted by Crippen LogP contribution is -2.07. The Morgan fingerprint density at radius 2 is 2.14 bits per heavy atom. The fraction of sp³-hybridized carbons (Fsp3) is 0.286. The molecule has 0 aliphatic rings. The maximum Gasteiger partial charge on any atom is 0.226 e. The molecule has 0 saturated heterocycles. The van der Waals surface area contributed by atoms with Crippen LogP contribution in [0.25, 0.3) is 10.2 Å². The summed E-state index contributed by atoms with van der Waals surface area (Å²) in [5.41, 5.74) is 0.876. The summed E-state index contributed by atoms with van der Waals surface area (Å²) in [4.78, 5) is 11.3. The molecular weight excluding hydrogens is 284 g/mol. The summed E-state index contributed by atoms with van der Waals surface area (Å²) < 4.78 is 0. The van der Waals surface area contributed by atoms with E-state index in [0.717, 1.165) is 28.3 Å². The van der Waals surface area contributed by atoms with Gasteiger partial charge in [-0.15, -0.1) is 11.3 Å². The normalized spacial score (nSPS) is 10.8. The van der Waals surface area contributed by atoms with E-state index in [9.17, 15) is 0 Å². The van der Waals surface area contributed by atoms with E-state index in [-0.39, 0.29) is 0 Å². The number of aryl methyl sites for hydroxylation is 1. The van der Waals surface area contributed by atoms with Crippen molar-refractivity contribution in [2.75, 3.05) is 17.2 Å². The second-order valence-corrected chi connectivity index (χ2v) is 5.81. The van der Waals surface area contributed by atoms with Crippen LogP contribution in [-0.2, 0) is 6.54 Å². The molecule has 0 aliphatic heterocycles. The van der Waals surface area contributed by atoms with E-state index in [0.29, 0.717) is 12.5 Å². The molecule has 3 aromatic heterocycles. The first-order valence-corrected chi connectivity index (χ1v) is 7.60. The monoisotopic (exact) mass is 300 g/mol. The summed E-state index contributed by atoms with van der Waals surface area (Å²) in [5, 5.41) is 15.5. The van der Waals surface area contributed by atoms with Gasteiger partial charge in [0.15, 0.2) is 0 Å². The standard InChI is InChI=1S/C14H16N6S/c1-3-15-14-18-12(11-7-9(2)21-13(11)19-14)16-8-10-5-4-6-17-20-10/h4-7H,3,8H2,1-2H3,(H2,15,16,18,19). The van der Waals surface area contributed by atoms with E-state index >= 15 is 0 Å². The Morgan fingerprint density at radius 3 is 2.90 bits per heavy atom. The van der Waals surface area contributed by atoms with Crippen LogP contribution in [0.15, 0.2) is 24.4 Å². The minimum absolute atomic E-state index is 0.584. The Kier molecular flexibility index (Phi) is 3.92. The van der Waals surface area contributed by atoms with Gasteiger partial charge < -0.3 is 10.6 Å². The summed E-state index contributed by atoms with van der Waals surface area (Å²) in [7, 11) is 0. The minimum Gasteiger partial charge on any atom is -0.364 e. The maximum atomic E-state index is 4.54. The molecule has 3 rings (SSSR count). The molecule has 7 heteroatoms. The Bertz CT molecular complexity index is 740. The van der Waals surface area contributed by atoms with E-state index in [1.54, 1.807) is 17.5 Å². The van der Waals surface area contributed by atoms with Crippen molar-refractivity contribution >= 4 is 33.3 Å². The molecule has 0 amide bonds. The van der Waals surface area contributed by atoms with E-state index in [1.165, 1.54) is 4.88 Å². The molecule has 0 aromatic carbocycles. The Labute approximate surface area is 126 Å². The van der Waals surface area contributed by atoms with E-state index < -0.39 is 0 Å². The lowest BCUT2D eigenvalue weighted by Gasteiger charge is -2.08. The van der Waals surface area contributed by atoms with Crippen molar-refractivity contribution < 1.29 is 0 Å². The zero-order valence-electron chi connectivity index (χ0n) is 11.9. The second-order valence-electron chi connectivity index (χ2n) is 4.57. The topological polar surface area (TPSA) is 75.6 Å². The highest BCUT2D eigenvalue weighted by molar-refractivity contribution is 7.18. The highest BCUT2D eigenvalue weighted by atomic mass is 32.1. The van der Waals surface area contributed by atoms with Crippen LogP contribution in [0, 0.1) is 6.92 Å². The maximum absolute atomic E-state index is 4.54. The number of hydrogen-bond donors (Lipinski definition) is 2. The number of aromatic nitrogens is 4. The van der Waals surface area contributed by atoms with Crippen molar-refractivity contribution in [2.45, 2.75) is 20.4 Å². The predicted octanol–water partition coefficient (Wildman–Crippen LogP) is 2.83. The zero-order valence-corrected chi connectivity index (χ0v) is 12.7. The number of rotatable bonds is 5. The predicted molar refractivity (Wildman–Crippen MR) is 85.7 cm³/mol. The van der Waals surface area contributed by atoms with E-state index in [4.69, 9.17) is 0 Å². The molecule has 0 atom stereocenters. The Morgan fingerprint density at radius 1 is 1.24 bits per heavy atom. The summed E-state index contributed by atoms with van der Waals surface area (Å²) in [6.07, 6.45) is 1.66. The molecule has 0 radical (unpaired) electrons. The number of hydrogen-bond acceptors (Lipinski definition) is 7. The van der Waals surface area contributed by atoms with Gasteiger partial charge in [-0.2, -0.15) is 15.2 Å². The van der Waals surface area contributed by atoms with Crippen molar-refractivity contribution in [1.82, 2.24) is 20.2 Å². The lowest BCUT2D eigenvalue weighted by molar-refractivity contribution is 0.921. The van der Waals surface area contributed by atoms with Gasteiger partial charge in [0.1, 0.15) is 10.6 Å². The molecule has 0 bridgehead atoms. The summed E-state index contributed by atoms with van der Waals surface area (Å²) in [6.45, 7) is 5.48. The first kappa shape index (κ1) is 13.7. The molecule has 0 aliphatic carbocycles. The van der Waals surface area contributed by atoms with Crippen molar-refractivity contribution in [3.8, 4) is 0 Å².